The van der Waals surface area contributed by atoms with Crippen molar-refractivity contribution in [2.45, 2.75) is 32.1 Å². The van der Waals surface area contributed by atoms with Gasteiger partial charge < -0.3 is 9.97 Å². The highest BCUT2D eigenvalue weighted by Crippen LogP contribution is 2.40. The molecule has 0 spiro atoms. The molecule has 0 radical (unpaired) electrons. The molecule has 7 heteroatoms. The lowest BCUT2D eigenvalue weighted by Gasteiger charge is -2.09. The minimum absolute atomic E-state index is 0.797. The van der Waals surface area contributed by atoms with Crippen LogP contribution in [0.4, 0.5) is 0 Å². The maximum atomic E-state index is 5.63. The van der Waals surface area contributed by atoms with Crippen LogP contribution in [0.25, 0.3) is 90.5 Å². The van der Waals surface area contributed by atoms with Crippen LogP contribution in [-0.4, -0.2) is 34.9 Å². The molecule has 6 heterocycles. The van der Waals surface area contributed by atoms with E-state index in [1.54, 1.807) is 0 Å². The maximum Gasteiger partial charge on any atom is 0.0994 e. The Balaban J connectivity index is 1.33. The standard InChI is InChI=1S/C53H43N7/c1-2-3-4-5-18-27-40-35-60(59-58-40)48-34-47-51(38-23-14-8-15-24-38)45-31-30-43(55-45)49(36-19-10-6-11-20-36)41-28-29-42(54-41)50(37-21-12-7-13-22-37)44-32-33-46(56-44)52(53(48)57-47)39-25-16-9-17-26-39/h2,6-17,19-26,28-35,55-56H,1,3-5,18,27H2. The molecule has 8 aromatic rings. The summed E-state index contributed by atoms with van der Waals surface area (Å²) >= 11 is 0. The number of aromatic amines is 2. The summed E-state index contributed by atoms with van der Waals surface area (Å²) in [6, 6.07) is 50.7. The van der Waals surface area contributed by atoms with E-state index in [9.17, 15) is 0 Å². The highest BCUT2D eigenvalue weighted by atomic mass is 15.4. The van der Waals surface area contributed by atoms with Crippen molar-refractivity contribution in [2.24, 2.45) is 0 Å². The molecule has 60 heavy (non-hydrogen) atoms. The third-order valence-corrected chi connectivity index (χ3v) is 11.2. The molecule has 4 aromatic heterocycles. The average molecular weight is 778 g/mol. The number of benzene rings is 4. The number of nitrogens with zero attached hydrogens (tertiary/aromatic N) is 5. The quantitative estimate of drug-likeness (QED) is 0.101. The largest absolute Gasteiger partial charge is 0.354 e. The fourth-order valence-electron chi connectivity index (χ4n) is 8.37. The van der Waals surface area contributed by atoms with E-state index in [0.717, 1.165) is 133 Å². The van der Waals surface area contributed by atoms with Gasteiger partial charge in [0, 0.05) is 44.3 Å². The molecule has 7 nitrogen and oxygen atoms in total. The van der Waals surface area contributed by atoms with Crippen molar-refractivity contribution in [2.75, 3.05) is 0 Å². The van der Waals surface area contributed by atoms with Crippen LogP contribution < -0.4 is 0 Å². The Morgan fingerprint density at radius 1 is 0.500 bits per heavy atom. The minimum Gasteiger partial charge on any atom is -0.354 e. The molecule has 2 N–H and O–H groups in total. The van der Waals surface area contributed by atoms with Gasteiger partial charge in [-0.25, -0.2) is 14.6 Å². The molecule has 8 bridgehead atoms. The summed E-state index contributed by atoms with van der Waals surface area (Å²) in [5.74, 6) is 0. The SMILES string of the molecule is C=CCCCCCc1cn(C2=Cc3nc2c(-c2ccccc2)c2ccc([nH]2)c(-c2ccccc2)c2nc(c(-c4ccccc4)c4ccc([nH]4)c3-c3ccccc3)C=C2)nn1. The van der Waals surface area contributed by atoms with Crippen LogP contribution in [0.1, 0.15) is 54.2 Å². The molecule has 0 amide bonds. The van der Waals surface area contributed by atoms with Crippen molar-refractivity contribution in [3.05, 3.63) is 193 Å². The van der Waals surface area contributed by atoms with Gasteiger partial charge in [0.15, 0.2) is 0 Å². The normalized spacial score (nSPS) is 12.1. The van der Waals surface area contributed by atoms with Gasteiger partial charge in [-0.05, 0) is 90.4 Å². The van der Waals surface area contributed by atoms with Crippen molar-refractivity contribution in [1.82, 2.24) is 34.9 Å². The lowest BCUT2D eigenvalue weighted by molar-refractivity contribution is 0.678. The van der Waals surface area contributed by atoms with Crippen LogP contribution in [-0.2, 0) is 6.42 Å². The second kappa shape index (κ2) is 16.3. The zero-order chi connectivity index (χ0) is 40.3. The molecule has 2 aliphatic heterocycles. The molecule has 0 atom stereocenters. The fourth-order valence-corrected chi connectivity index (χ4v) is 8.37. The Kier molecular flexibility index (Phi) is 9.97. The van der Waals surface area contributed by atoms with Gasteiger partial charge in [0.25, 0.3) is 0 Å². The summed E-state index contributed by atoms with van der Waals surface area (Å²) < 4.78 is 1.91. The van der Waals surface area contributed by atoms with E-state index in [2.05, 4.69) is 173 Å². The number of hydrogen-bond acceptors (Lipinski definition) is 4. The first-order valence-corrected chi connectivity index (χ1v) is 20.7. The molecular formula is C53H43N7. The molecule has 2 aliphatic rings. The Labute approximate surface area is 349 Å². The van der Waals surface area contributed by atoms with E-state index < -0.39 is 0 Å². The number of rotatable bonds is 11. The van der Waals surface area contributed by atoms with Crippen molar-refractivity contribution < 1.29 is 0 Å². The molecule has 0 aliphatic carbocycles. The summed E-state index contributed by atoms with van der Waals surface area (Å²) in [4.78, 5) is 18.8. The molecule has 0 fully saturated rings. The molecule has 290 valence electrons. The molecule has 10 rings (SSSR count). The Hall–Kier alpha value is -7.64. The van der Waals surface area contributed by atoms with Crippen molar-refractivity contribution in [3.63, 3.8) is 0 Å². The van der Waals surface area contributed by atoms with Gasteiger partial charge in [-0.2, -0.15) is 0 Å². The minimum atomic E-state index is 0.797. The van der Waals surface area contributed by atoms with Crippen LogP contribution in [0.15, 0.2) is 164 Å². The third kappa shape index (κ3) is 7.11. The van der Waals surface area contributed by atoms with Gasteiger partial charge in [0.05, 0.1) is 40.4 Å². The van der Waals surface area contributed by atoms with Gasteiger partial charge >= 0.3 is 0 Å². The second-order valence-corrected chi connectivity index (χ2v) is 15.2. The molecule has 0 saturated carbocycles. The highest BCUT2D eigenvalue weighted by molar-refractivity contribution is 6.02. The summed E-state index contributed by atoms with van der Waals surface area (Å²) in [5, 5.41) is 9.45. The zero-order valence-electron chi connectivity index (χ0n) is 33.2. The monoisotopic (exact) mass is 777 g/mol. The lowest BCUT2D eigenvalue weighted by Crippen LogP contribution is -2.00. The topological polar surface area (TPSA) is 88.1 Å². The molecule has 4 aromatic carbocycles. The summed E-state index contributed by atoms with van der Waals surface area (Å²) in [7, 11) is 0. The van der Waals surface area contributed by atoms with Gasteiger partial charge in [-0.15, -0.1) is 11.7 Å². The summed E-state index contributed by atoms with van der Waals surface area (Å²) in [6.07, 6.45) is 15.7. The number of aromatic nitrogens is 7. The van der Waals surface area contributed by atoms with Gasteiger partial charge in [-0.1, -0.05) is 139 Å². The highest BCUT2D eigenvalue weighted by Gasteiger charge is 2.24. The number of nitrogens with one attached hydrogen (secondary N) is 2. The molecule has 0 unspecified atom stereocenters. The smallest absolute Gasteiger partial charge is 0.0994 e. The van der Waals surface area contributed by atoms with Crippen LogP contribution in [0.5, 0.6) is 0 Å². The number of aryl methyl sites for hydroxylation is 1. The number of allylic oxidation sites excluding steroid dienone is 1. The first kappa shape index (κ1) is 36.7. The van der Waals surface area contributed by atoms with Crippen LogP contribution in [0.2, 0.25) is 0 Å². The predicted molar refractivity (Wildman–Crippen MR) is 247 cm³/mol. The summed E-state index contributed by atoms with van der Waals surface area (Å²) in [6.45, 7) is 3.88. The van der Waals surface area contributed by atoms with E-state index in [1.165, 1.54) is 0 Å². The number of H-pyrrole nitrogens is 2. The van der Waals surface area contributed by atoms with Gasteiger partial charge in [0.1, 0.15) is 0 Å². The van der Waals surface area contributed by atoms with Crippen molar-refractivity contribution in [3.8, 4) is 44.5 Å². The zero-order valence-corrected chi connectivity index (χ0v) is 33.2. The Morgan fingerprint density at radius 2 is 0.967 bits per heavy atom. The van der Waals surface area contributed by atoms with Crippen LogP contribution in [0, 0.1) is 0 Å². The fraction of sp³-hybridized carbons (Fsp3) is 0.0943. The molecular weight excluding hydrogens is 735 g/mol. The second-order valence-electron chi connectivity index (χ2n) is 15.2. The van der Waals surface area contributed by atoms with E-state index in [4.69, 9.17) is 15.2 Å². The van der Waals surface area contributed by atoms with E-state index in [-0.39, 0.29) is 0 Å². The number of unbranched alkanes of at least 4 members (excludes halogenated alkanes) is 3. The molecule has 0 saturated heterocycles. The average Bonchev–Trinajstić information content (AvgIpc) is 4.16. The maximum absolute atomic E-state index is 5.63. The van der Waals surface area contributed by atoms with Crippen LogP contribution >= 0.6 is 0 Å². The van der Waals surface area contributed by atoms with Gasteiger partial charge in [0.2, 0.25) is 0 Å². The predicted octanol–water partition coefficient (Wildman–Crippen LogP) is 13.1. The van der Waals surface area contributed by atoms with Crippen molar-refractivity contribution in [1.29, 1.82) is 0 Å². The third-order valence-electron chi connectivity index (χ3n) is 11.2. The van der Waals surface area contributed by atoms with E-state index in [1.807, 2.05) is 29.0 Å². The van der Waals surface area contributed by atoms with E-state index >= 15 is 0 Å². The number of fused-ring (bicyclic) bond motifs is 8. The van der Waals surface area contributed by atoms with Crippen molar-refractivity contribution >= 4 is 46.0 Å². The van der Waals surface area contributed by atoms with Gasteiger partial charge in [-0.3, -0.25) is 0 Å². The first-order valence-electron chi connectivity index (χ1n) is 20.7. The Morgan fingerprint density at radius 3 is 1.47 bits per heavy atom. The Bertz CT molecular complexity index is 3060. The first-order chi connectivity index (χ1) is 29.7. The lowest BCUT2D eigenvalue weighted by atomic mass is 10.0. The van der Waals surface area contributed by atoms with Crippen LogP contribution in [0.3, 0.4) is 0 Å². The summed E-state index contributed by atoms with van der Waals surface area (Å²) in [5.41, 5.74) is 17.1. The number of hydrogen-bond donors (Lipinski definition) is 2. The van der Waals surface area contributed by atoms with E-state index in [0.29, 0.717) is 0 Å².